The van der Waals surface area contributed by atoms with Crippen LogP contribution in [0.4, 0.5) is 11.5 Å². The lowest BCUT2D eigenvalue weighted by atomic mass is 10.1. The van der Waals surface area contributed by atoms with Crippen LogP contribution < -0.4 is 5.32 Å². The van der Waals surface area contributed by atoms with Crippen molar-refractivity contribution in [2.75, 3.05) is 5.32 Å². The normalized spacial score (nSPS) is 12.4. The summed E-state index contributed by atoms with van der Waals surface area (Å²) in [5, 5.41) is 18.0. The van der Waals surface area contributed by atoms with E-state index in [9.17, 15) is 10.1 Å². The zero-order valence-corrected chi connectivity index (χ0v) is 11.3. The number of nitro groups is 1. The Hall–Kier alpha value is -1.59. The lowest BCUT2D eigenvalue weighted by Gasteiger charge is -2.12. The van der Waals surface area contributed by atoms with Gasteiger partial charge in [0.25, 0.3) is 0 Å². The van der Waals surface area contributed by atoms with Gasteiger partial charge in [0, 0.05) is 13.1 Å². The SMILES string of the molecule is CCCCCCC(C)Nc1nn(C)cc1[N+](=O)[O-]. The van der Waals surface area contributed by atoms with Crippen LogP contribution in [0.3, 0.4) is 0 Å². The molecule has 0 saturated carbocycles. The molecule has 0 aliphatic heterocycles. The van der Waals surface area contributed by atoms with Gasteiger partial charge < -0.3 is 5.32 Å². The van der Waals surface area contributed by atoms with Crippen molar-refractivity contribution in [1.82, 2.24) is 9.78 Å². The number of anilines is 1. The molecule has 1 unspecified atom stereocenters. The molecule has 1 N–H and O–H groups in total. The maximum atomic E-state index is 10.8. The first kappa shape index (κ1) is 14.5. The number of nitrogens with zero attached hydrogens (tertiary/aromatic N) is 3. The molecule has 1 atom stereocenters. The van der Waals surface area contributed by atoms with Gasteiger partial charge in [-0.3, -0.25) is 14.8 Å². The standard InChI is InChI=1S/C12H22N4O2/c1-4-5-6-7-8-10(2)13-12-11(16(17)18)9-15(3)14-12/h9-10H,4-8H2,1-3H3,(H,13,14). The highest BCUT2D eigenvalue weighted by Crippen LogP contribution is 2.23. The average molecular weight is 254 g/mol. The van der Waals surface area contributed by atoms with E-state index in [1.165, 1.54) is 30.1 Å². The lowest BCUT2D eigenvalue weighted by molar-refractivity contribution is -0.384. The van der Waals surface area contributed by atoms with Crippen LogP contribution in [0.15, 0.2) is 6.20 Å². The molecule has 1 aromatic rings. The summed E-state index contributed by atoms with van der Waals surface area (Å²) in [4.78, 5) is 10.4. The Bertz CT molecular complexity index is 389. The zero-order chi connectivity index (χ0) is 13.5. The van der Waals surface area contributed by atoms with Gasteiger partial charge in [0.05, 0.1) is 4.92 Å². The summed E-state index contributed by atoms with van der Waals surface area (Å²) < 4.78 is 1.46. The molecule has 0 aromatic carbocycles. The third-order valence-electron chi connectivity index (χ3n) is 2.88. The summed E-state index contributed by atoms with van der Waals surface area (Å²) in [6.07, 6.45) is 7.25. The molecule has 0 fully saturated rings. The molecule has 1 aromatic heterocycles. The van der Waals surface area contributed by atoms with Crippen molar-refractivity contribution >= 4 is 11.5 Å². The molecule has 0 bridgehead atoms. The van der Waals surface area contributed by atoms with E-state index in [-0.39, 0.29) is 11.7 Å². The van der Waals surface area contributed by atoms with Crippen LogP contribution in [0, 0.1) is 10.1 Å². The van der Waals surface area contributed by atoms with Crippen molar-refractivity contribution in [3.8, 4) is 0 Å². The van der Waals surface area contributed by atoms with Crippen LogP contribution in [0.25, 0.3) is 0 Å². The van der Waals surface area contributed by atoms with Gasteiger partial charge in [-0.1, -0.05) is 32.6 Å². The van der Waals surface area contributed by atoms with E-state index in [4.69, 9.17) is 0 Å². The van der Waals surface area contributed by atoms with Gasteiger partial charge in [-0.05, 0) is 13.3 Å². The zero-order valence-electron chi connectivity index (χ0n) is 11.3. The monoisotopic (exact) mass is 254 g/mol. The van der Waals surface area contributed by atoms with Gasteiger partial charge >= 0.3 is 5.69 Å². The summed E-state index contributed by atoms with van der Waals surface area (Å²) in [6.45, 7) is 4.21. The van der Waals surface area contributed by atoms with Crippen LogP contribution in [0.2, 0.25) is 0 Å². The Morgan fingerprint density at radius 1 is 1.50 bits per heavy atom. The van der Waals surface area contributed by atoms with Crippen LogP contribution >= 0.6 is 0 Å². The molecule has 0 radical (unpaired) electrons. The fourth-order valence-corrected chi connectivity index (χ4v) is 1.90. The molecule has 6 heteroatoms. The number of rotatable bonds is 8. The summed E-state index contributed by atoms with van der Waals surface area (Å²) in [5.41, 5.74) is 0.0397. The molecular weight excluding hydrogens is 232 g/mol. The van der Waals surface area contributed by atoms with E-state index in [2.05, 4.69) is 17.3 Å². The minimum Gasteiger partial charge on any atom is -0.360 e. The Balaban J connectivity index is 2.48. The van der Waals surface area contributed by atoms with Crippen molar-refractivity contribution in [2.24, 2.45) is 7.05 Å². The van der Waals surface area contributed by atoms with Crippen molar-refractivity contribution in [3.05, 3.63) is 16.3 Å². The van der Waals surface area contributed by atoms with E-state index in [0.29, 0.717) is 5.82 Å². The van der Waals surface area contributed by atoms with E-state index in [0.717, 1.165) is 12.8 Å². The molecule has 1 heterocycles. The van der Waals surface area contributed by atoms with Crippen LogP contribution in [0.5, 0.6) is 0 Å². The molecule has 102 valence electrons. The Kier molecular flexibility index (Phi) is 5.61. The maximum Gasteiger partial charge on any atom is 0.330 e. The predicted molar refractivity (Wildman–Crippen MR) is 71.7 cm³/mol. The van der Waals surface area contributed by atoms with Gasteiger partial charge in [-0.15, -0.1) is 5.10 Å². The van der Waals surface area contributed by atoms with E-state index in [1.807, 2.05) is 6.92 Å². The molecule has 0 aliphatic rings. The quantitative estimate of drug-likeness (QED) is 0.439. The molecule has 6 nitrogen and oxygen atoms in total. The lowest BCUT2D eigenvalue weighted by Crippen LogP contribution is -2.16. The van der Waals surface area contributed by atoms with Gasteiger partial charge in [0.2, 0.25) is 5.82 Å². The molecular formula is C12H22N4O2. The average Bonchev–Trinajstić information content (AvgIpc) is 2.66. The smallest absolute Gasteiger partial charge is 0.330 e. The fourth-order valence-electron chi connectivity index (χ4n) is 1.90. The van der Waals surface area contributed by atoms with E-state index >= 15 is 0 Å². The number of aryl methyl sites for hydroxylation is 1. The first-order valence-electron chi connectivity index (χ1n) is 6.49. The fraction of sp³-hybridized carbons (Fsp3) is 0.750. The highest BCUT2D eigenvalue weighted by atomic mass is 16.6. The number of hydrogen-bond donors (Lipinski definition) is 1. The predicted octanol–water partition coefficient (Wildman–Crippen LogP) is 3.10. The number of nitrogens with one attached hydrogen (secondary N) is 1. The van der Waals surface area contributed by atoms with E-state index < -0.39 is 4.92 Å². The molecule has 0 aliphatic carbocycles. The topological polar surface area (TPSA) is 73.0 Å². The van der Waals surface area contributed by atoms with Crippen molar-refractivity contribution < 1.29 is 4.92 Å². The van der Waals surface area contributed by atoms with Gasteiger partial charge in [-0.25, -0.2) is 0 Å². The Morgan fingerprint density at radius 2 is 2.22 bits per heavy atom. The molecule has 18 heavy (non-hydrogen) atoms. The van der Waals surface area contributed by atoms with Crippen LogP contribution in [0.1, 0.15) is 46.0 Å². The summed E-state index contributed by atoms with van der Waals surface area (Å²) in [6, 6.07) is 0.204. The van der Waals surface area contributed by atoms with Gasteiger partial charge in [0.15, 0.2) is 0 Å². The largest absolute Gasteiger partial charge is 0.360 e. The van der Waals surface area contributed by atoms with E-state index in [1.54, 1.807) is 7.05 Å². The number of hydrogen-bond acceptors (Lipinski definition) is 4. The molecule has 0 amide bonds. The minimum atomic E-state index is -0.404. The van der Waals surface area contributed by atoms with Crippen LogP contribution in [-0.4, -0.2) is 20.7 Å². The third-order valence-corrected chi connectivity index (χ3v) is 2.88. The summed E-state index contributed by atoms with van der Waals surface area (Å²) in [5.74, 6) is 0.366. The third kappa shape index (κ3) is 4.35. The Morgan fingerprint density at radius 3 is 2.83 bits per heavy atom. The first-order valence-corrected chi connectivity index (χ1v) is 6.49. The number of unbranched alkanes of at least 4 members (excludes halogenated alkanes) is 3. The first-order chi connectivity index (χ1) is 8.54. The summed E-state index contributed by atoms with van der Waals surface area (Å²) >= 11 is 0. The molecule has 0 spiro atoms. The minimum absolute atomic E-state index is 0.0397. The highest BCUT2D eigenvalue weighted by molar-refractivity contribution is 5.54. The van der Waals surface area contributed by atoms with Gasteiger partial charge in [-0.2, -0.15) is 0 Å². The van der Waals surface area contributed by atoms with Gasteiger partial charge in [0.1, 0.15) is 6.20 Å². The highest BCUT2D eigenvalue weighted by Gasteiger charge is 2.19. The number of aromatic nitrogens is 2. The summed E-state index contributed by atoms with van der Waals surface area (Å²) in [7, 11) is 1.68. The Labute approximate surface area is 108 Å². The van der Waals surface area contributed by atoms with Crippen molar-refractivity contribution in [2.45, 2.75) is 52.0 Å². The molecule has 1 rings (SSSR count). The second kappa shape index (κ2) is 6.98. The van der Waals surface area contributed by atoms with Crippen molar-refractivity contribution in [1.29, 1.82) is 0 Å². The molecule has 0 saturated heterocycles. The van der Waals surface area contributed by atoms with Crippen LogP contribution in [-0.2, 0) is 7.05 Å². The second-order valence-electron chi connectivity index (χ2n) is 4.69. The van der Waals surface area contributed by atoms with Crippen molar-refractivity contribution in [3.63, 3.8) is 0 Å². The maximum absolute atomic E-state index is 10.8. The second-order valence-corrected chi connectivity index (χ2v) is 4.69.